The van der Waals surface area contributed by atoms with Crippen LogP contribution in [0.3, 0.4) is 0 Å². The SMILES string of the molecule is O=C(/C=C/c1ccc2ccccc2c1)N[C@@H](Cc1ccc(F)cc1)C(=O)N[C@@H](C[C@H]1CCCNC1=O)C(=S)C(=O)C(F)(F)F. The molecule has 3 aromatic carbocycles. The third-order valence-corrected chi connectivity index (χ3v) is 7.69. The molecule has 1 fully saturated rings. The average molecular weight is 628 g/mol. The standard InChI is InChI=1S/C32H29F4N3O4S/c33-24-12-8-20(9-13-24)17-26(38-27(40)14-10-19-7-11-21-4-1-2-5-22(21)16-19)31(43)39-25(28(44)29(41)32(34,35)36)18-23-6-3-15-37-30(23)42/h1-2,4-5,7-14,16,23,25-26H,3,6,15,17-18H2,(H,37,42)(H,38,40)(H,39,43)/b14-10+/t23-,25+,26+/m1/s1. The van der Waals surface area contributed by atoms with Crippen molar-refractivity contribution in [3.63, 3.8) is 0 Å². The molecule has 1 aliphatic heterocycles. The Hall–Kier alpha value is -4.45. The molecule has 0 aromatic heterocycles. The molecule has 4 rings (SSSR count). The number of benzene rings is 3. The van der Waals surface area contributed by atoms with Gasteiger partial charge in [0, 0.05) is 25.0 Å². The molecule has 1 saturated heterocycles. The van der Waals surface area contributed by atoms with Gasteiger partial charge in [-0.15, -0.1) is 0 Å². The van der Waals surface area contributed by atoms with Gasteiger partial charge >= 0.3 is 6.18 Å². The Kier molecular flexibility index (Phi) is 10.6. The van der Waals surface area contributed by atoms with Crippen molar-refractivity contribution < 1.29 is 36.7 Å². The lowest BCUT2D eigenvalue weighted by Gasteiger charge is -2.28. The summed E-state index contributed by atoms with van der Waals surface area (Å²) in [6.07, 6.45) is -2.15. The van der Waals surface area contributed by atoms with Crippen molar-refractivity contribution in [2.45, 2.75) is 43.9 Å². The van der Waals surface area contributed by atoms with E-state index in [1.807, 2.05) is 36.4 Å². The van der Waals surface area contributed by atoms with Crippen LogP contribution in [-0.2, 0) is 25.6 Å². The Labute approximate surface area is 256 Å². The van der Waals surface area contributed by atoms with Gasteiger partial charge in [0.1, 0.15) is 11.9 Å². The zero-order valence-electron chi connectivity index (χ0n) is 23.3. The van der Waals surface area contributed by atoms with E-state index >= 15 is 0 Å². The molecular weight excluding hydrogens is 598 g/mol. The number of thiocarbonyl (C=S) groups is 1. The Balaban J connectivity index is 1.55. The molecule has 3 amide bonds. The molecule has 7 nitrogen and oxygen atoms in total. The molecule has 0 aliphatic carbocycles. The van der Waals surface area contributed by atoms with Gasteiger partial charge in [-0.1, -0.05) is 60.7 Å². The number of piperidine rings is 1. The monoisotopic (exact) mass is 627 g/mol. The van der Waals surface area contributed by atoms with Gasteiger partial charge in [-0.2, -0.15) is 13.2 Å². The summed E-state index contributed by atoms with van der Waals surface area (Å²) in [5.74, 6) is -5.65. The summed E-state index contributed by atoms with van der Waals surface area (Å²) in [6.45, 7) is 0.400. The molecule has 0 spiro atoms. The maximum atomic E-state index is 13.5. The average Bonchev–Trinajstić information content (AvgIpc) is 3.00. The van der Waals surface area contributed by atoms with Crippen molar-refractivity contribution in [3.8, 4) is 0 Å². The van der Waals surface area contributed by atoms with E-state index in [4.69, 9.17) is 12.2 Å². The molecule has 44 heavy (non-hydrogen) atoms. The summed E-state index contributed by atoms with van der Waals surface area (Å²) in [6, 6.07) is 15.3. The van der Waals surface area contributed by atoms with Crippen LogP contribution in [0.25, 0.3) is 16.8 Å². The van der Waals surface area contributed by atoms with Gasteiger partial charge in [0.15, 0.2) is 0 Å². The van der Waals surface area contributed by atoms with Crippen molar-refractivity contribution in [1.29, 1.82) is 0 Å². The van der Waals surface area contributed by atoms with Crippen LogP contribution in [0.15, 0.2) is 72.8 Å². The van der Waals surface area contributed by atoms with E-state index in [1.54, 1.807) is 6.07 Å². The van der Waals surface area contributed by atoms with Crippen LogP contribution in [0.1, 0.15) is 30.4 Å². The van der Waals surface area contributed by atoms with Crippen LogP contribution < -0.4 is 16.0 Å². The number of ketones is 1. The third-order valence-electron chi connectivity index (χ3n) is 7.22. The number of hydrogen-bond acceptors (Lipinski definition) is 5. The summed E-state index contributed by atoms with van der Waals surface area (Å²) in [5.41, 5.74) is 1.16. The molecule has 3 aromatic rings. The zero-order chi connectivity index (χ0) is 31.9. The highest BCUT2D eigenvalue weighted by atomic mass is 32.1. The quantitative estimate of drug-likeness (QED) is 0.164. The maximum absolute atomic E-state index is 13.5. The topological polar surface area (TPSA) is 104 Å². The minimum absolute atomic E-state index is 0.154. The molecule has 0 radical (unpaired) electrons. The Morgan fingerprint density at radius 3 is 2.36 bits per heavy atom. The molecule has 1 heterocycles. The number of amides is 3. The number of carbonyl (C=O) groups excluding carboxylic acids is 4. The number of rotatable bonds is 11. The van der Waals surface area contributed by atoms with Gasteiger partial charge < -0.3 is 16.0 Å². The predicted molar refractivity (Wildman–Crippen MR) is 161 cm³/mol. The summed E-state index contributed by atoms with van der Waals surface area (Å²) in [4.78, 5) is 49.7. The Bertz CT molecular complexity index is 1590. The van der Waals surface area contributed by atoms with E-state index in [2.05, 4.69) is 16.0 Å². The van der Waals surface area contributed by atoms with E-state index in [9.17, 15) is 36.7 Å². The number of carbonyl (C=O) groups is 4. The molecule has 230 valence electrons. The molecule has 0 unspecified atom stereocenters. The van der Waals surface area contributed by atoms with E-state index in [-0.39, 0.29) is 12.8 Å². The van der Waals surface area contributed by atoms with E-state index in [1.165, 1.54) is 24.3 Å². The van der Waals surface area contributed by atoms with Gasteiger partial charge in [-0.25, -0.2) is 4.39 Å². The minimum atomic E-state index is -5.29. The molecule has 3 N–H and O–H groups in total. The summed E-state index contributed by atoms with van der Waals surface area (Å²) in [7, 11) is 0. The van der Waals surface area contributed by atoms with E-state index in [0.717, 1.165) is 22.9 Å². The lowest BCUT2D eigenvalue weighted by Crippen LogP contribution is -2.55. The maximum Gasteiger partial charge on any atom is 0.455 e. The first kappa shape index (κ1) is 32.5. The fourth-order valence-electron chi connectivity index (χ4n) is 4.92. The highest BCUT2D eigenvalue weighted by molar-refractivity contribution is 7.82. The molecular formula is C32H29F4N3O4S. The Morgan fingerprint density at radius 1 is 0.977 bits per heavy atom. The van der Waals surface area contributed by atoms with E-state index in [0.29, 0.717) is 30.5 Å². The van der Waals surface area contributed by atoms with Crippen molar-refractivity contribution in [2.75, 3.05) is 6.54 Å². The van der Waals surface area contributed by atoms with Crippen LogP contribution in [0, 0.1) is 11.7 Å². The molecule has 0 bridgehead atoms. The van der Waals surface area contributed by atoms with Gasteiger partial charge in [0.25, 0.3) is 5.78 Å². The summed E-state index contributed by atoms with van der Waals surface area (Å²) < 4.78 is 53.4. The van der Waals surface area contributed by atoms with Gasteiger partial charge in [0.05, 0.1) is 10.9 Å². The molecule has 1 aliphatic rings. The van der Waals surface area contributed by atoms with Crippen molar-refractivity contribution in [1.82, 2.24) is 16.0 Å². The highest BCUT2D eigenvalue weighted by Gasteiger charge is 2.44. The first-order valence-corrected chi connectivity index (χ1v) is 14.3. The summed E-state index contributed by atoms with van der Waals surface area (Å²) >= 11 is 4.86. The number of nitrogens with one attached hydrogen (secondary N) is 3. The second-order valence-corrected chi connectivity index (χ2v) is 10.9. The zero-order valence-corrected chi connectivity index (χ0v) is 24.1. The second kappa shape index (κ2) is 14.3. The van der Waals surface area contributed by atoms with Gasteiger partial charge in [-0.3, -0.25) is 19.2 Å². The third kappa shape index (κ3) is 8.79. The van der Waals surface area contributed by atoms with Crippen LogP contribution in [0.2, 0.25) is 0 Å². The lowest BCUT2D eigenvalue weighted by molar-refractivity contribution is -0.163. The van der Waals surface area contributed by atoms with Crippen LogP contribution in [0.5, 0.6) is 0 Å². The number of fused-ring (bicyclic) bond motifs is 1. The first-order chi connectivity index (χ1) is 20.9. The molecule has 12 heteroatoms. The van der Waals surface area contributed by atoms with E-state index < -0.39 is 58.4 Å². The minimum Gasteiger partial charge on any atom is -0.356 e. The number of hydrogen-bond donors (Lipinski definition) is 3. The predicted octanol–water partition coefficient (Wildman–Crippen LogP) is 4.62. The number of alkyl halides is 3. The summed E-state index contributed by atoms with van der Waals surface area (Å²) in [5, 5.41) is 9.49. The van der Waals surface area contributed by atoms with Crippen LogP contribution in [0.4, 0.5) is 17.6 Å². The lowest BCUT2D eigenvalue weighted by atomic mass is 9.89. The highest BCUT2D eigenvalue weighted by Crippen LogP contribution is 2.23. The number of halogens is 4. The Morgan fingerprint density at radius 2 is 1.68 bits per heavy atom. The molecule has 3 atom stereocenters. The fraction of sp³-hybridized carbons (Fsp3) is 0.281. The first-order valence-electron chi connectivity index (χ1n) is 13.9. The molecule has 0 saturated carbocycles. The van der Waals surface area contributed by atoms with Crippen LogP contribution in [-0.4, -0.2) is 53.2 Å². The van der Waals surface area contributed by atoms with Crippen molar-refractivity contribution in [3.05, 3.63) is 89.8 Å². The van der Waals surface area contributed by atoms with Gasteiger partial charge in [-0.05, 0) is 65.4 Å². The van der Waals surface area contributed by atoms with Crippen LogP contribution >= 0.6 is 12.2 Å². The normalized spacial score (nSPS) is 16.6. The second-order valence-electron chi connectivity index (χ2n) is 10.4. The fourth-order valence-corrected chi connectivity index (χ4v) is 5.19. The van der Waals surface area contributed by atoms with Gasteiger partial charge in [0.2, 0.25) is 17.7 Å². The largest absolute Gasteiger partial charge is 0.455 e. The van der Waals surface area contributed by atoms with Crippen molar-refractivity contribution >= 4 is 57.4 Å². The smallest absolute Gasteiger partial charge is 0.356 e. The van der Waals surface area contributed by atoms with Crippen molar-refractivity contribution in [2.24, 2.45) is 5.92 Å². The number of Topliss-reactive ketones (excluding diaryl/α,β-unsaturated/α-hetero) is 1.